The number of fused-ring (bicyclic) bond motifs is 1. The van der Waals surface area contributed by atoms with Gasteiger partial charge in [-0.15, -0.1) is 0 Å². The average Bonchev–Trinajstić information content (AvgIpc) is 2.12. The van der Waals surface area contributed by atoms with Crippen molar-refractivity contribution in [1.82, 2.24) is 0 Å². The minimum Gasteiger partial charge on any atom is -0.374 e. The largest absolute Gasteiger partial charge is 0.374 e. The van der Waals surface area contributed by atoms with E-state index in [0.29, 0.717) is 10.2 Å². The Hall–Kier alpha value is -1.10. The quantitative estimate of drug-likeness (QED) is 0.733. The fraction of sp³-hybridized carbons (Fsp3) is 0.125. The van der Waals surface area contributed by atoms with Crippen LogP contribution in [0.25, 0.3) is 0 Å². The number of hydrogen-bond donors (Lipinski definition) is 2. The van der Waals surface area contributed by atoms with Gasteiger partial charge in [-0.2, -0.15) is 0 Å². The first-order valence-corrected chi connectivity index (χ1v) is 4.49. The van der Waals surface area contributed by atoms with Crippen molar-refractivity contribution in [3.05, 3.63) is 22.4 Å². The molecule has 0 aromatic heterocycles. The molecule has 3 nitrogen and oxygen atoms in total. The highest BCUT2D eigenvalue weighted by atomic mass is 79.9. The molecule has 68 valence electrons. The summed E-state index contributed by atoms with van der Waals surface area (Å²) in [6.45, 7) is 0.189. The van der Waals surface area contributed by atoms with Crippen molar-refractivity contribution >= 4 is 33.2 Å². The zero-order chi connectivity index (χ0) is 9.42. The monoisotopic (exact) mass is 244 g/mol. The maximum Gasteiger partial charge on any atom is 0.243 e. The van der Waals surface area contributed by atoms with Gasteiger partial charge in [-0.3, -0.25) is 4.79 Å². The highest BCUT2D eigenvalue weighted by Crippen LogP contribution is 2.32. The summed E-state index contributed by atoms with van der Waals surface area (Å²) in [6, 6.07) is 3.31. The normalized spacial score (nSPS) is 14.5. The van der Waals surface area contributed by atoms with Gasteiger partial charge in [-0.05, 0) is 28.1 Å². The Balaban J connectivity index is 2.54. The van der Waals surface area contributed by atoms with Gasteiger partial charge in [0, 0.05) is 0 Å². The predicted molar refractivity (Wildman–Crippen MR) is 51.2 cm³/mol. The number of carbonyl (C=O) groups is 1. The first kappa shape index (κ1) is 8.50. The molecule has 1 aromatic rings. The van der Waals surface area contributed by atoms with E-state index in [1.807, 2.05) is 0 Å². The van der Waals surface area contributed by atoms with E-state index in [9.17, 15) is 9.18 Å². The first-order valence-electron chi connectivity index (χ1n) is 3.70. The second-order valence-electron chi connectivity index (χ2n) is 2.69. The maximum atomic E-state index is 13.4. The van der Waals surface area contributed by atoms with Gasteiger partial charge in [0.2, 0.25) is 5.91 Å². The summed E-state index contributed by atoms with van der Waals surface area (Å²) in [5, 5.41) is 5.27. The number of carbonyl (C=O) groups excluding carboxylic acids is 1. The standard InChI is InChI=1S/C8H6BrFN2O/c9-4-1-2-5-8(7(4)10)12-6(13)3-11-5/h1-2,11H,3H2,(H,12,13). The molecule has 0 fully saturated rings. The number of amides is 1. The van der Waals surface area contributed by atoms with Gasteiger partial charge in [-0.1, -0.05) is 0 Å². The molecule has 0 saturated heterocycles. The van der Waals surface area contributed by atoms with Crippen LogP contribution < -0.4 is 10.6 Å². The van der Waals surface area contributed by atoms with Gasteiger partial charge in [0.05, 0.1) is 16.7 Å². The van der Waals surface area contributed by atoms with Crippen molar-refractivity contribution in [1.29, 1.82) is 0 Å². The second-order valence-corrected chi connectivity index (χ2v) is 3.54. The van der Waals surface area contributed by atoms with Gasteiger partial charge in [0.1, 0.15) is 5.69 Å². The molecule has 1 heterocycles. The van der Waals surface area contributed by atoms with Crippen molar-refractivity contribution in [2.75, 3.05) is 17.2 Å². The lowest BCUT2D eigenvalue weighted by Crippen LogP contribution is -2.28. The molecule has 2 rings (SSSR count). The Kier molecular flexibility index (Phi) is 1.95. The van der Waals surface area contributed by atoms with Crippen LogP contribution in [0.15, 0.2) is 16.6 Å². The minimum atomic E-state index is -0.446. The SMILES string of the molecule is O=C1CNc2ccc(Br)c(F)c2N1. The Morgan fingerprint density at radius 3 is 3.00 bits per heavy atom. The van der Waals surface area contributed by atoms with E-state index in [2.05, 4.69) is 26.6 Å². The molecular formula is C8H6BrFN2O. The molecular weight excluding hydrogens is 239 g/mol. The van der Waals surface area contributed by atoms with Gasteiger partial charge >= 0.3 is 0 Å². The van der Waals surface area contributed by atoms with Crippen LogP contribution in [-0.4, -0.2) is 12.5 Å². The molecule has 13 heavy (non-hydrogen) atoms. The lowest BCUT2D eigenvalue weighted by molar-refractivity contribution is -0.114. The fourth-order valence-corrected chi connectivity index (χ4v) is 1.51. The predicted octanol–water partition coefficient (Wildman–Crippen LogP) is 1.95. The van der Waals surface area contributed by atoms with Crippen LogP contribution in [-0.2, 0) is 4.79 Å². The van der Waals surface area contributed by atoms with Gasteiger partial charge in [0.15, 0.2) is 5.82 Å². The smallest absolute Gasteiger partial charge is 0.243 e. The van der Waals surface area contributed by atoms with E-state index < -0.39 is 5.82 Å². The van der Waals surface area contributed by atoms with Crippen LogP contribution in [0, 0.1) is 5.82 Å². The van der Waals surface area contributed by atoms with E-state index in [4.69, 9.17) is 0 Å². The molecule has 0 unspecified atom stereocenters. The third-order valence-corrected chi connectivity index (χ3v) is 2.41. The molecule has 1 aromatic carbocycles. The van der Waals surface area contributed by atoms with Gasteiger partial charge < -0.3 is 10.6 Å². The lowest BCUT2D eigenvalue weighted by atomic mass is 10.2. The van der Waals surface area contributed by atoms with E-state index in [0.717, 1.165) is 0 Å². The summed E-state index contributed by atoms with van der Waals surface area (Å²) >= 11 is 3.04. The molecule has 0 bridgehead atoms. The van der Waals surface area contributed by atoms with Crippen molar-refractivity contribution < 1.29 is 9.18 Å². The molecule has 0 saturated carbocycles. The first-order chi connectivity index (χ1) is 6.18. The van der Waals surface area contributed by atoms with Crippen LogP contribution in [0.1, 0.15) is 0 Å². The molecule has 1 aliphatic heterocycles. The molecule has 0 aliphatic carbocycles. The zero-order valence-corrected chi connectivity index (χ0v) is 8.11. The summed E-state index contributed by atoms with van der Waals surface area (Å²) < 4.78 is 13.7. The zero-order valence-electron chi connectivity index (χ0n) is 6.53. The van der Waals surface area contributed by atoms with E-state index in [1.54, 1.807) is 12.1 Å². The molecule has 5 heteroatoms. The van der Waals surface area contributed by atoms with Crippen LogP contribution >= 0.6 is 15.9 Å². The van der Waals surface area contributed by atoms with Crippen LogP contribution in [0.5, 0.6) is 0 Å². The number of benzene rings is 1. The van der Waals surface area contributed by atoms with Crippen molar-refractivity contribution in [3.8, 4) is 0 Å². The van der Waals surface area contributed by atoms with Crippen LogP contribution in [0.2, 0.25) is 0 Å². The van der Waals surface area contributed by atoms with Gasteiger partial charge in [0.25, 0.3) is 0 Å². The maximum absolute atomic E-state index is 13.4. The summed E-state index contributed by atoms with van der Waals surface area (Å²) in [6.07, 6.45) is 0. The molecule has 0 radical (unpaired) electrons. The van der Waals surface area contributed by atoms with E-state index in [1.165, 1.54) is 0 Å². The number of rotatable bonds is 0. The Morgan fingerprint density at radius 2 is 2.23 bits per heavy atom. The highest BCUT2D eigenvalue weighted by molar-refractivity contribution is 9.10. The summed E-state index contributed by atoms with van der Waals surface area (Å²) in [7, 11) is 0. The average molecular weight is 245 g/mol. The number of anilines is 2. The number of nitrogens with one attached hydrogen (secondary N) is 2. The molecule has 1 amide bonds. The topological polar surface area (TPSA) is 41.1 Å². The lowest BCUT2D eigenvalue weighted by Gasteiger charge is -2.19. The summed E-state index contributed by atoms with van der Waals surface area (Å²) in [5.74, 6) is -0.678. The molecule has 2 N–H and O–H groups in total. The molecule has 0 spiro atoms. The number of halogens is 2. The Morgan fingerprint density at radius 1 is 1.46 bits per heavy atom. The fourth-order valence-electron chi connectivity index (χ4n) is 1.18. The second kappa shape index (κ2) is 2.99. The van der Waals surface area contributed by atoms with E-state index >= 15 is 0 Å². The van der Waals surface area contributed by atoms with Crippen molar-refractivity contribution in [2.45, 2.75) is 0 Å². The third kappa shape index (κ3) is 1.39. The third-order valence-electron chi connectivity index (χ3n) is 1.80. The Bertz CT molecular complexity index is 381. The molecule has 1 aliphatic rings. The van der Waals surface area contributed by atoms with Gasteiger partial charge in [-0.25, -0.2) is 4.39 Å². The van der Waals surface area contributed by atoms with Crippen LogP contribution in [0.4, 0.5) is 15.8 Å². The van der Waals surface area contributed by atoms with Crippen LogP contribution in [0.3, 0.4) is 0 Å². The van der Waals surface area contributed by atoms with E-state index in [-0.39, 0.29) is 18.1 Å². The van der Waals surface area contributed by atoms with Crippen molar-refractivity contribution in [3.63, 3.8) is 0 Å². The minimum absolute atomic E-state index is 0.189. The van der Waals surface area contributed by atoms with Crippen molar-refractivity contribution in [2.24, 2.45) is 0 Å². The molecule has 0 atom stereocenters. The highest BCUT2D eigenvalue weighted by Gasteiger charge is 2.18. The summed E-state index contributed by atoms with van der Waals surface area (Å²) in [5.41, 5.74) is 0.825. The Labute approximate surface area is 82.4 Å². The number of hydrogen-bond acceptors (Lipinski definition) is 2. The summed E-state index contributed by atoms with van der Waals surface area (Å²) in [4.78, 5) is 10.9.